The van der Waals surface area contributed by atoms with Crippen LogP contribution in [0.25, 0.3) is 0 Å². The molecule has 2 N–H and O–H groups in total. The zero-order valence-corrected chi connectivity index (χ0v) is 17.5. The molecule has 0 saturated heterocycles. The van der Waals surface area contributed by atoms with Crippen molar-refractivity contribution in [1.82, 2.24) is 15.2 Å². The molecule has 2 aromatic heterocycles. The number of amides is 2. The van der Waals surface area contributed by atoms with Crippen molar-refractivity contribution < 1.29 is 14.0 Å². The molecule has 1 unspecified atom stereocenters. The highest BCUT2D eigenvalue weighted by Gasteiger charge is 2.17. The van der Waals surface area contributed by atoms with Crippen molar-refractivity contribution in [2.45, 2.75) is 19.4 Å². The monoisotopic (exact) mass is 412 g/mol. The molecular weight excluding hydrogens is 388 g/mol. The van der Waals surface area contributed by atoms with Gasteiger partial charge in [0.15, 0.2) is 5.13 Å². The maximum absolute atomic E-state index is 12.4. The standard InChI is InChI=1S/C21H24N4O3S/c1-14-17(9-10-28-14)20(27)24-21-23-16(13-29-21)11-19(26)22-12-18(25(2)3)15-7-5-4-6-8-15/h4-10,13,18H,11-12H2,1-3H3,(H,22,26)(H,23,24,27). The molecule has 152 valence electrons. The van der Waals surface area contributed by atoms with Crippen LogP contribution in [0.1, 0.15) is 33.4 Å². The maximum Gasteiger partial charge on any atom is 0.260 e. The zero-order valence-electron chi connectivity index (χ0n) is 16.6. The molecule has 3 aromatic rings. The van der Waals surface area contributed by atoms with Crippen LogP contribution in [-0.4, -0.2) is 42.3 Å². The third-order valence-electron chi connectivity index (χ3n) is 4.52. The average Bonchev–Trinajstić information content (AvgIpc) is 3.31. The lowest BCUT2D eigenvalue weighted by atomic mass is 10.1. The lowest BCUT2D eigenvalue weighted by Gasteiger charge is -2.25. The number of benzene rings is 1. The molecule has 2 heterocycles. The Morgan fingerprint density at radius 1 is 1.21 bits per heavy atom. The fourth-order valence-corrected chi connectivity index (χ4v) is 3.65. The molecule has 0 saturated carbocycles. The third-order valence-corrected chi connectivity index (χ3v) is 5.32. The minimum absolute atomic E-state index is 0.0867. The highest BCUT2D eigenvalue weighted by molar-refractivity contribution is 7.14. The molecule has 1 aromatic carbocycles. The summed E-state index contributed by atoms with van der Waals surface area (Å²) in [6.07, 6.45) is 1.63. The first kappa shape index (κ1) is 20.8. The summed E-state index contributed by atoms with van der Waals surface area (Å²) >= 11 is 1.29. The van der Waals surface area contributed by atoms with Crippen LogP contribution in [0.4, 0.5) is 5.13 Å². The van der Waals surface area contributed by atoms with Crippen molar-refractivity contribution in [3.05, 3.63) is 70.6 Å². The number of aryl methyl sites for hydroxylation is 1. The predicted octanol–water partition coefficient (Wildman–Crippen LogP) is 3.26. The van der Waals surface area contributed by atoms with Gasteiger partial charge in [-0.15, -0.1) is 11.3 Å². The van der Waals surface area contributed by atoms with Gasteiger partial charge in [0, 0.05) is 11.9 Å². The molecule has 0 aliphatic heterocycles. The Kier molecular flexibility index (Phi) is 6.79. The fourth-order valence-electron chi connectivity index (χ4n) is 2.94. The summed E-state index contributed by atoms with van der Waals surface area (Å²) in [7, 11) is 3.97. The molecule has 2 amide bonds. The highest BCUT2D eigenvalue weighted by Crippen LogP contribution is 2.19. The van der Waals surface area contributed by atoms with Gasteiger partial charge in [-0.1, -0.05) is 30.3 Å². The lowest BCUT2D eigenvalue weighted by molar-refractivity contribution is -0.120. The Morgan fingerprint density at radius 2 is 1.97 bits per heavy atom. The van der Waals surface area contributed by atoms with E-state index in [9.17, 15) is 9.59 Å². The van der Waals surface area contributed by atoms with E-state index in [2.05, 4.69) is 20.5 Å². The second-order valence-electron chi connectivity index (χ2n) is 6.86. The van der Waals surface area contributed by atoms with E-state index in [0.717, 1.165) is 5.56 Å². The number of nitrogens with zero attached hydrogens (tertiary/aromatic N) is 2. The summed E-state index contributed by atoms with van der Waals surface area (Å²) in [5.41, 5.74) is 2.23. The zero-order chi connectivity index (χ0) is 20.8. The Morgan fingerprint density at radius 3 is 2.62 bits per heavy atom. The van der Waals surface area contributed by atoms with Gasteiger partial charge in [0.2, 0.25) is 5.91 Å². The summed E-state index contributed by atoms with van der Waals surface area (Å²) in [6, 6.07) is 11.8. The lowest BCUT2D eigenvalue weighted by Crippen LogP contribution is -2.35. The van der Waals surface area contributed by atoms with Crippen molar-refractivity contribution >= 4 is 28.3 Å². The Bertz CT molecular complexity index is 965. The van der Waals surface area contributed by atoms with Crippen LogP contribution in [0.15, 0.2) is 52.5 Å². The van der Waals surface area contributed by atoms with Crippen LogP contribution in [0.3, 0.4) is 0 Å². The molecule has 0 radical (unpaired) electrons. The van der Waals surface area contributed by atoms with Crippen molar-refractivity contribution in [2.24, 2.45) is 0 Å². The molecule has 0 fully saturated rings. The van der Waals surface area contributed by atoms with Crippen molar-refractivity contribution in [3.63, 3.8) is 0 Å². The largest absolute Gasteiger partial charge is 0.469 e. The number of likely N-dealkylation sites (N-methyl/N-ethyl adjacent to an activating group) is 1. The minimum Gasteiger partial charge on any atom is -0.469 e. The van der Waals surface area contributed by atoms with Gasteiger partial charge in [-0.05, 0) is 32.6 Å². The van der Waals surface area contributed by atoms with E-state index in [-0.39, 0.29) is 24.3 Å². The first-order valence-corrected chi connectivity index (χ1v) is 10.1. The molecule has 3 rings (SSSR count). The Labute approximate surface area is 173 Å². The minimum atomic E-state index is -0.279. The smallest absolute Gasteiger partial charge is 0.260 e. The molecular formula is C21H24N4O3S. The van der Waals surface area contributed by atoms with Crippen LogP contribution < -0.4 is 10.6 Å². The number of furan rings is 1. The van der Waals surface area contributed by atoms with Crippen LogP contribution in [0.2, 0.25) is 0 Å². The average molecular weight is 413 g/mol. The third kappa shape index (κ3) is 5.52. The number of carbonyl (C=O) groups excluding carboxylic acids is 2. The van der Waals surface area contributed by atoms with E-state index in [4.69, 9.17) is 4.42 Å². The molecule has 0 aliphatic rings. The number of anilines is 1. The predicted molar refractivity (Wildman–Crippen MR) is 113 cm³/mol. The van der Waals surface area contributed by atoms with Gasteiger partial charge in [-0.2, -0.15) is 0 Å². The van der Waals surface area contributed by atoms with Crippen molar-refractivity contribution in [2.75, 3.05) is 26.0 Å². The van der Waals surface area contributed by atoms with E-state index in [0.29, 0.717) is 28.7 Å². The number of aromatic nitrogens is 1. The maximum atomic E-state index is 12.4. The van der Waals surface area contributed by atoms with Crippen molar-refractivity contribution in [3.8, 4) is 0 Å². The molecule has 1 atom stereocenters. The number of carbonyl (C=O) groups is 2. The SMILES string of the molecule is Cc1occc1C(=O)Nc1nc(CC(=O)NCC(c2ccccc2)N(C)C)cs1. The van der Waals surface area contributed by atoms with E-state index < -0.39 is 0 Å². The Balaban J connectivity index is 1.53. The van der Waals surface area contributed by atoms with Crippen LogP contribution in [-0.2, 0) is 11.2 Å². The number of nitrogens with one attached hydrogen (secondary N) is 2. The van der Waals surface area contributed by atoms with Gasteiger partial charge in [-0.3, -0.25) is 14.9 Å². The highest BCUT2D eigenvalue weighted by atomic mass is 32.1. The van der Waals surface area contributed by atoms with Gasteiger partial charge < -0.3 is 14.6 Å². The van der Waals surface area contributed by atoms with E-state index in [1.165, 1.54) is 17.6 Å². The molecule has 0 bridgehead atoms. The van der Waals surface area contributed by atoms with Crippen molar-refractivity contribution in [1.29, 1.82) is 0 Å². The normalized spacial score (nSPS) is 12.0. The van der Waals surface area contributed by atoms with Gasteiger partial charge in [0.05, 0.1) is 30.0 Å². The molecule has 7 nitrogen and oxygen atoms in total. The summed E-state index contributed by atoms with van der Waals surface area (Å²) < 4.78 is 5.14. The number of thiazole rings is 1. The van der Waals surface area contributed by atoms with Gasteiger partial charge in [0.25, 0.3) is 5.91 Å². The topological polar surface area (TPSA) is 87.5 Å². The van der Waals surface area contributed by atoms with E-state index in [1.54, 1.807) is 18.4 Å². The second-order valence-corrected chi connectivity index (χ2v) is 7.72. The number of rotatable bonds is 8. The number of hydrogen-bond acceptors (Lipinski definition) is 6. The number of hydrogen-bond donors (Lipinski definition) is 2. The van der Waals surface area contributed by atoms with E-state index in [1.807, 2.05) is 44.4 Å². The van der Waals surface area contributed by atoms with Crippen LogP contribution in [0.5, 0.6) is 0 Å². The van der Waals surface area contributed by atoms with Crippen LogP contribution >= 0.6 is 11.3 Å². The summed E-state index contributed by atoms with van der Waals surface area (Å²) in [4.78, 5) is 31.0. The van der Waals surface area contributed by atoms with E-state index >= 15 is 0 Å². The fraction of sp³-hybridized carbons (Fsp3) is 0.286. The first-order valence-electron chi connectivity index (χ1n) is 9.22. The molecule has 0 aliphatic carbocycles. The summed E-state index contributed by atoms with van der Waals surface area (Å²) in [5.74, 6) is 0.160. The molecule has 8 heteroatoms. The summed E-state index contributed by atoms with van der Waals surface area (Å²) in [6.45, 7) is 2.23. The quantitative estimate of drug-likeness (QED) is 0.593. The second kappa shape index (κ2) is 9.49. The van der Waals surface area contributed by atoms with Crippen LogP contribution in [0, 0.1) is 6.92 Å². The van der Waals surface area contributed by atoms with Gasteiger partial charge in [-0.25, -0.2) is 4.98 Å². The molecule has 0 spiro atoms. The van der Waals surface area contributed by atoms with Gasteiger partial charge >= 0.3 is 0 Å². The van der Waals surface area contributed by atoms with Gasteiger partial charge in [0.1, 0.15) is 5.76 Å². The molecule has 29 heavy (non-hydrogen) atoms. The first-order chi connectivity index (χ1) is 13.9. The summed E-state index contributed by atoms with van der Waals surface area (Å²) in [5, 5.41) is 7.94. The Hall–Kier alpha value is -2.97.